The van der Waals surface area contributed by atoms with E-state index in [1.165, 1.54) is 5.56 Å². The molecule has 0 heterocycles. The van der Waals surface area contributed by atoms with Gasteiger partial charge in [0.25, 0.3) is 0 Å². The van der Waals surface area contributed by atoms with Crippen LogP contribution in [0.5, 0.6) is 0 Å². The molecule has 2 unspecified atom stereocenters. The molecule has 0 aromatic heterocycles. The number of carbonyl (C=O) groups excluding carboxylic acids is 1. The van der Waals surface area contributed by atoms with Crippen molar-refractivity contribution in [1.29, 1.82) is 0 Å². The first-order valence-electron chi connectivity index (χ1n) is 7.68. The fourth-order valence-corrected chi connectivity index (χ4v) is 3.39. The molecule has 3 rings (SSSR count). The minimum Gasteiger partial charge on any atom is -0.349 e. The van der Waals surface area contributed by atoms with Crippen LogP contribution in [0.1, 0.15) is 31.9 Å². The Balaban J connectivity index is 1.69. The lowest BCUT2D eigenvalue weighted by atomic mass is 10.0. The van der Waals surface area contributed by atoms with Gasteiger partial charge in [-0.15, -0.1) is 23.2 Å². The van der Waals surface area contributed by atoms with Crippen LogP contribution in [0.15, 0.2) is 54.6 Å². The second-order valence-corrected chi connectivity index (χ2v) is 7.88. The van der Waals surface area contributed by atoms with Crippen molar-refractivity contribution in [2.75, 3.05) is 0 Å². The Bertz CT molecular complexity index is 712. The molecule has 2 aromatic rings. The van der Waals surface area contributed by atoms with Gasteiger partial charge in [-0.25, -0.2) is 0 Å². The third-order valence-corrected chi connectivity index (χ3v) is 5.73. The zero-order valence-corrected chi connectivity index (χ0v) is 14.7. The summed E-state index contributed by atoms with van der Waals surface area (Å²) in [4.78, 5) is 12.3. The summed E-state index contributed by atoms with van der Waals surface area (Å²) in [6.45, 7) is 3.76. The molecule has 1 fully saturated rings. The van der Waals surface area contributed by atoms with Crippen molar-refractivity contribution < 1.29 is 4.79 Å². The molecule has 1 N–H and O–H groups in total. The molecule has 0 saturated heterocycles. The number of carbonyl (C=O) groups is 1. The van der Waals surface area contributed by atoms with Crippen molar-refractivity contribution in [3.05, 3.63) is 60.2 Å². The number of nitrogens with one attached hydrogen (secondary N) is 1. The van der Waals surface area contributed by atoms with E-state index >= 15 is 0 Å². The highest BCUT2D eigenvalue weighted by atomic mass is 35.5. The maximum Gasteiger partial charge on any atom is 0.229 e. The first-order valence-corrected chi connectivity index (χ1v) is 8.43. The number of benzene rings is 2. The molecule has 0 bridgehead atoms. The predicted octanol–water partition coefficient (Wildman–Crippen LogP) is 5.11. The van der Waals surface area contributed by atoms with Gasteiger partial charge in [0.2, 0.25) is 5.91 Å². The molecule has 0 spiro atoms. The number of alkyl halides is 2. The summed E-state index contributed by atoms with van der Waals surface area (Å²) < 4.78 is -0.937. The van der Waals surface area contributed by atoms with Crippen molar-refractivity contribution in [2.24, 2.45) is 5.41 Å². The zero-order valence-electron chi connectivity index (χ0n) is 13.1. The van der Waals surface area contributed by atoms with Crippen LogP contribution in [0.3, 0.4) is 0 Å². The Morgan fingerprint density at radius 2 is 1.57 bits per heavy atom. The molecule has 1 aliphatic rings. The highest BCUT2D eigenvalue weighted by Gasteiger charge is 2.67. The highest BCUT2D eigenvalue weighted by molar-refractivity contribution is 6.53. The van der Waals surface area contributed by atoms with E-state index in [0.29, 0.717) is 6.42 Å². The first-order chi connectivity index (χ1) is 10.8. The minimum atomic E-state index is -0.937. The maximum atomic E-state index is 12.3. The SMILES string of the molecule is CC(NC(=O)C1(C)CC1(Cl)Cl)c1ccc(-c2ccccc2)cc1. The standard InChI is InChI=1S/C19H19Cl2NO/c1-13(22-17(23)18(2)12-19(18,20)21)14-8-10-16(11-9-14)15-6-4-3-5-7-15/h3-11,13H,12H2,1-2H3,(H,22,23). The van der Waals surface area contributed by atoms with Gasteiger partial charge >= 0.3 is 0 Å². The predicted molar refractivity (Wildman–Crippen MR) is 95.6 cm³/mol. The molecular formula is C19H19Cl2NO. The molecule has 4 heteroatoms. The van der Waals surface area contributed by atoms with Gasteiger partial charge in [0.1, 0.15) is 4.33 Å². The number of hydrogen-bond acceptors (Lipinski definition) is 1. The average molecular weight is 348 g/mol. The lowest BCUT2D eigenvalue weighted by Gasteiger charge is -2.19. The van der Waals surface area contributed by atoms with E-state index in [4.69, 9.17) is 23.2 Å². The van der Waals surface area contributed by atoms with Crippen molar-refractivity contribution in [3.63, 3.8) is 0 Å². The maximum absolute atomic E-state index is 12.3. The van der Waals surface area contributed by atoms with Gasteiger partial charge in [0, 0.05) is 0 Å². The molecule has 2 nitrogen and oxygen atoms in total. The highest BCUT2D eigenvalue weighted by Crippen LogP contribution is 2.63. The Hall–Kier alpha value is -1.51. The van der Waals surface area contributed by atoms with Crippen LogP contribution in [0.4, 0.5) is 0 Å². The molecule has 2 atom stereocenters. The molecule has 120 valence electrons. The summed E-state index contributed by atoms with van der Waals surface area (Å²) in [6.07, 6.45) is 0.495. The number of amides is 1. The second-order valence-electron chi connectivity index (χ2n) is 6.40. The van der Waals surface area contributed by atoms with Gasteiger partial charge in [-0.3, -0.25) is 4.79 Å². The zero-order chi connectivity index (χ0) is 16.7. The van der Waals surface area contributed by atoms with Crippen LogP contribution >= 0.6 is 23.2 Å². The Morgan fingerprint density at radius 1 is 1.04 bits per heavy atom. The fraction of sp³-hybridized carbons (Fsp3) is 0.316. The van der Waals surface area contributed by atoms with E-state index in [0.717, 1.165) is 11.1 Å². The van der Waals surface area contributed by atoms with Crippen molar-refractivity contribution in [3.8, 4) is 11.1 Å². The molecule has 0 radical (unpaired) electrons. The van der Waals surface area contributed by atoms with Crippen LogP contribution in [-0.4, -0.2) is 10.2 Å². The van der Waals surface area contributed by atoms with E-state index in [1.807, 2.05) is 37.3 Å². The fourth-order valence-electron chi connectivity index (χ4n) is 2.68. The molecular weight excluding hydrogens is 329 g/mol. The smallest absolute Gasteiger partial charge is 0.229 e. The van der Waals surface area contributed by atoms with Crippen LogP contribution < -0.4 is 5.32 Å². The summed E-state index contributed by atoms with van der Waals surface area (Å²) >= 11 is 12.1. The Kier molecular flexibility index (Phi) is 4.16. The van der Waals surface area contributed by atoms with Crippen molar-refractivity contribution in [1.82, 2.24) is 5.32 Å². The summed E-state index contributed by atoms with van der Waals surface area (Å²) in [5.74, 6) is -0.0952. The van der Waals surface area contributed by atoms with Crippen LogP contribution in [0.2, 0.25) is 0 Å². The normalized spacial score (nSPS) is 23.1. The van der Waals surface area contributed by atoms with E-state index in [1.54, 1.807) is 6.92 Å². The number of hydrogen-bond donors (Lipinski definition) is 1. The lowest BCUT2D eigenvalue weighted by Crippen LogP contribution is -2.35. The number of halogens is 2. The Morgan fingerprint density at radius 3 is 2.09 bits per heavy atom. The third-order valence-electron chi connectivity index (χ3n) is 4.62. The third kappa shape index (κ3) is 3.11. The van der Waals surface area contributed by atoms with Gasteiger partial charge in [0.05, 0.1) is 11.5 Å². The van der Waals surface area contributed by atoms with E-state index in [-0.39, 0.29) is 11.9 Å². The van der Waals surface area contributed by atoms with Crippen LogP contribution in [0, 0.1) is 5.41 Å². The largest absolute Gasteiger partial charge is 0.349 e. The molecule has 2 aromatic carbocycles. The second kappa shape index (κ2) is 5.85. The van der Waals surface area contributed by atoms with Gasteiger partial charge in [0.15, 0.2) is 0 Å². The van der Waals surface area contributed by atoms with Gasteiger partial charge in [-0.1, -0.05) is 54.6 Å². The van der Waals surface area contributed by atoms with Gasteiger partial charge in [-0.05, 0) is 37.0 Å². The first kappa shape index (κ1) is 16.4. The van der Waals surface area contributed by atoms with Crippen LogP contribution in [0.25, 0.3) is 11.1 Å². The number of rotatable bonds is 4. The van der Waals surface area contributed by atoms with Gasteiger partial charge in [-0.2, -0.15) is 0 Å². The van der Waals surface area contributed by atoms with Crippen molar-refractivity contribution >= 4 is 29.1 Å². The summed E-state index contributed by atoms with van der Waals surface area (Å²) in [5.41, 5.74) is 2.70. The summed E-state index contributed by atoms with van der Waals surface area (Å²) in [7, 11) is 0. The molecule has 1 amide bonds. The molecule has 23 heavy (non-hydrogen) atoms. The molecule has 1 saturated carbocycles. The monoisotopic (exact) mass is 347 g/mol. The van der Waals surface area contributed by atoms with E-state index < -0.39 is 9.75 Å². The topological polar surface area (TPSA) is 29.1 Å². The van der Waals surface area contributed by atoms with E-state index in [2.05, 4.69) is 29.6 Å². The molecule has 0 aliphatic heterocycles. The lowest BCUT2D eigenvalue weighted by molar-refractivity contribution is -0.126. The molecule has 1 aliphatic carbocycles. The minimum absolute atomic E-state index is 0.0890. The quantitative estimate of drug-likeness (QED) is 0.764. The van der Waals surface area contributed by atoms with E-state index in [9.17, 15) is 4.79 Å². The Labute approximate surface area is 146 Å². The summed E-state index contributed by atoms with van der Waals surface area (Å²) in [6, 6.07) is 18.3. The van der Waals surface area contributed by atoms with Crippen LogP contribution in [-0.2, 0) is 4.79 Å². The van der Waals surface area contributed by atoms with Crippen molar-refractivity contribution in [2.45, 2.75) is 30.6 Å². The summed E-state index contributed by atoms with van der Waals surface area (Å²) in [5, 5.41) is 3.01. The van der Waals surface area contributed by atoms with Gasteiger partial charge < -0.3 is 5.32 Å². The average Bonchev–Trinajstić information content (AvgIpc) is 3.08.